The maximum absolute atomic E-state index is 6.26. The lowest BCUT2D eigenvalue weighted by atomic mass is 9.81. The Labute approximate surface area is 133 Å². The van der Waals surface area contributed by atoms with Crippen molar-refractivity contribution in [2.75, 3.05) is 6.54 Å². The summed E-state index contributed by atoms with van der Waals surface area (Å²) in [5, 5.41) is 4.90. The first-order valence-electron chi connectivity index (χ1n) is 7.75. The number of halogens is 2. The molecule has 3 unspecified atom stereocenters. The van der Waals surface area contributed by atoms with E-state index in [1.165, 1.54) is 32.1 Å². The van der Waals surface area contributed by atoms with E-state index in [2.05, 4.69) is 25.2 Å². The van der Waals surface area contributed by atoms with E-state index < -0.39 is 0 Å². The minimum Gasteiger partial charge on any atom is -0.310 e. The van der Waals surface area contributed by atoms with E-state index in [-0.39, 0.29) is 6.04 Å². The Kier molecular flexibility index (Phi) is 6.20. The van der Waals surface area contributed by atoms with Gasteiger partial charge in [-0.25, -0.2) is 0 Å². The van der Waals surface area contributed by atoms with Crippen LogP contribution in [0.3, 0.4) is 0 Å². The lowest BCUT2D eigenvalue weighted by molar-refractivity contribution is 0.265. The highest BCUT2D eigenvalue weighted by atomic mass is 35.5. The third kappa shape index (κ3) is 4.38. The summed E-state index contributed by atoms with van der Waals surface area (Å²) in [7, 11) is 0. The second kappa shape index (κ2) is 7.68. The monoisotopic (exact) mass is 313 g/mol. The number of rotatable bonds is 5. The van der Waals surface area contributed by atoms with Crippen molar-refractivity contribution in [3.63, 3.8) is 0 Å². The summed E-state index contributed by atoms with van der Waals surface area (Å²) in [6.07, 6.45) is 6.89. The molecule has 1 aromatic rings. The van der Waals surface area contributed by atoms with Crippen LogP contribution in [0.15, 0.2) is 18.2 Å². The smallest absolute Gasteiger partial charge is 0.0639 e. The van der Waals surface area contributed by atoms with Crippen LogP contribution in [-0.4, -0.2) is 6.54 Å². The lowest BCUT2D eigenvalue weighted by Gasteiger charge is -2.27. The normalized spacial score (nSPS) is 24.6. The molecule has 1 aromatic carbocycles. The molecule has 1 nitrogen and oxygen atoms in total. The van der Waals surface area contributed by atoms with Crippen molar-refractivity contribution in [3.8, 4) is 0 Å². The number of nitrogens with one attached hydrogen (secondary N) is 1. The highest BCUT2D eigenvalue weighted by Gasteiger charge is 2.19. The topological polar surface area (TPSA) is 12.0 Å². The summed E-state index contributed by atoms with van der Waals surface area (Å²) in [5.41, 5.74) is 1.09. The Bertz CT molecular complexity index is 433. The van der Waals surface area contributed by atoms with Gasteiger partial charge in [-0.3, -0.25) is 0 Å². The average molecular weight is 314 g/mol. The van der Waals surface area contributed by atoms with Crippen LogP contribution in [0.5, 0.6) is 0 Å². The number of benzene rings is 1. The Morgan fingerprint density at radius 3 is 2.85 bits per heavy atom. The zero-order chi connectivity index (χ0) is 14.5. The predicted molar refractivity (Wildman–Crippen MR) is 88.6 cm³/mol. The molecule has 1 fully saturated rings. The van der Waals surface area contributed by atoms with Gasteiger partial charge in [0.1, 0.15) is 0 Å². The molecule has 0 amide bonds. The minimum absolute atomic E-state index is 0.252. The van der Waals surface area contributed by atoms with Crippen LogP contribution in [0.25, 0.3) is 0 Å². The summed E-state index contributed by atoms with van der Waals surface area (Å²) >= 11 is 12.3. The first-order chi connectivity index (χ1) is 9.58. The van der Waals surface area contributed by atoms with Crippen molar-refractivity contribution in [1.29, 1.82) is 0 Å². The molecule has 1 saturated carbocycles. The van der Waals surface area contributed by atoms with Gasteiger partial charge in [0.05, 0.1) is 10.0 Å². The molecule has 3 heteroatoms. The van der Waals surface area contributed by atoms with E-state index in [9.17, 15) is 0 Å². The molecule has 2 rings (SSSR count). The first kappa shape index (κ1) is 16.1. The fourth-order valence-corrected chi connectivity index (χ4v) is 3.76. The molecule has 0 aliphatic heterocycles. The first-order valence-corrected chi connectivity index (χ1v) is 8.50. The Morgan fingerprint density at radius 2 is 2.10 bits per heavy atom. The zero-order valence-electron chi connectivity index (χ0n) is 12.5. The van der Waals surface area contributed by atoms with Crippen molar-refractivity contribution < 1.29 is 0 Å². The summed E-state index contributed by atoms with van der Waals surface area (Å²) < 4.78 is 0. The lowest BCUT2D eigenvalue weighted by Crippen LogP contribution is -2.24. The molecule has 20 heavy (non-hydrogen) atoms. The van der Waals surface area contributed by atoms with E-state index in [0.29, 0.717) is 10.0 Å². The Balaban J connectivity index is 1.80. The van der Waals surface area contributed by atoms with Gasteiger partial charge in [0.15, 0.2) is 0 Å². The summed E-state index contributed by atoms with van der Waals surface area (Å²) in [4.78, 5) is 0. The SMILES string of the molecule is CC1CCCC(CCNC(C)c2cccc(Cl)c2Cl)C1. The molecule has 1 N–H and O–H groups in total. The van der Waals surface area contributed by atoms with Gasteiger partial charge in [-0.2, -0.15) is 0 Å². The van der Waals surface area contributed by atoms with E-state index in [0.717, 1.165) is 23.9 Å². The second-order valence-corrected chi connectivity index (χ2v) is 7.03. The van der Waals surface area contributed by atoms with Crippen LogP contribution in [-0.2, 0) is 0 Å². The van der Waals surface area contributed by atoms with Crippen molar-refractivity contribution >= 4 is 23.2 Å². The van der Waals surface area contributed by atoms with Crippen LogP contribution < -0.4 is 5.32 Å². The van der Waals surface area contributed by atoms with Gasteiger partial charge >= 0.3 is 0 Å². The molecule has 0 aromatic heterocycles. The van der Waals surface area contributed by atoms with Crippen molar-refractivity contribution in [1.82, 2.24) is 5.32 Å². The highest BCUT2D eigenvalue weighted by Crippen LogP contribution is 2.32. The summed E-state index contributed by atoms with van der Waals surface area (Å²) in [6, 6.07) is 6.10. The number of hydrogen-bond donors (Lipinski definition) is 1. The zero-order valence-corrected chi connectivity index (χ0v) is 14.0. The maximum Gasteiger partial charge on any atom is 0.0639 e. The molecular weight excluding hydrogens is 289 g/mol. The van der Waals surface area contributed by atoms with Crippen molar-refractivity contribution in [2.24, 2.45) is 11.8 Å². The van der Waals surface area contributed by atoms with E-state index in [1.54, 1.807) is 0 Å². The van der Waals surface area contributed by atoms with Gasteiger partial charge < -0.3 is 5.32 Å². The van der Waals surface area contributed by atoms with Crippen molar-refractivity contribution in [3.05, 3.63) is 33.8 Å². The second-order valence-electron chi connectivity index (χ2n) is 6.25. The molecule has 3 atom stereocenters. The highest BCUT2D eigenvalue weighted by molar-refractivity contribution is 6.42. The van der Waals surface area contributed by atoms with E-state index in [1.807, 2.05) is 12.1 Å². The summed E-state index contributed by atoms with van der Waals surface area (Å²) in [6.45, 7) is 5.59. The summed E-state index contributed by atoms with van der Waals surface area (Å²) in [5.74, 6) is 1.81. The fraction of sp³-hybridized carbons (Fsp3) is 0.647. The van der Waals surface area contributed by atoms with Crippen LogP contribution in [0.2, 0.25) is 10.0 Å². The van der Waals surface area contributed by atoms with E-state index >= 15 is 0 Å². The third-order valence-corrected chi connectivity index (χ3v) is 5.33. The van der Waals surface area contributed by atoms with Crippen molar-refractivity contribution in [2.45, 2.75) is 52.0 Å². The molecule has 112 valence electrons. The molecule has 1 aliphatic rings. The Hall–Kier alpha value is -0.240. The molecule has 0 heterocycles. The standard InChI is InChI=1S/C17H25Cl2N/c1-12-5-3-6-14(11-12)9-10-20-13(2)15-7-4-8-16(18)17(15)19/h4,7-8,12-14,20H,3,5-6,9-11H2,1-2H3. The van der Waals surface area contributed by atoms with Gasteiger partial charge in [-0.15, -0.1) is 0 Å². The van der Waals surface area contributed by atoms with E-state index in [4.69, 9.17) is 23.2 Å². The predicted octanol–water partition coefficient (Wildman–Crippen LogP) is 5.86. The number of hydrogen-bond acceptors (Lipinski definition) is 1. The third-order valence-electron chi connectivity index (χ3n) is 4.50. The average Bonchev–Trinajstić information content (AvgIpc) is 2.42. The van der Waals surface area contributed by atoms with Gasteiger partial charge in [0.25, 0.3) is 0 Å². The molecule has 0 saturated heterocycles. The molecule has 0 radical (unpaired) electrons. The van der Waals surface area contributed by atoms with Crippen LogP contribution in [0.1, 0.15) is 57.6 Å². The van der Waals surface area contributed by atoms with Gasteiger partial charge in [0.2, 0.25) is 0 Å². The van der Waals surface area contributed by atoms with Gasteiger partial charge in [-0.05, 0) is 49.8 Å². The van der Waals surface area contributed by atoms with Gasteiger partial charge in [0, 0.05) is 6.04 Å². The van der Waals surface area contributed by atoms with Crippen LogP contribution in [0, 0.1) is 11.8 Å². The maximum atomic E-state index is 6.26. The van der Waals surface area contributed by atoms with Crippen LogP contribution in [0.4, 0.5) is 0 Å². The largest absolute Gasteiger partial charge is 0.310 e. The fourth-order valence-electron chi connectivity index (χ4n) is 3.29. The molecule has 0 spiro atoms. The van der Waals surface area contributed by atoms with Crippen LogP contribution >= 0.6 is 23.2 Å². The molecular formula is C17H25Cl2N. The minimum atomic E-state index is 0.252. The van der Waals surface area contributed by atoms with Gasteiger partial charge in [-0.1, -0.05) is 61.5 Å². The molecule has 0 bridgehead atoms. The quantitative estimate of drug-likeness (QED) is 0.717. The molecule has 1 aliphatic carbocycles. The Morgan fingerprint density at radius 1 is 1.30 bits per heavy atom.